The van der Waals surface area contributed by atoms with Gasteiger partial charge in [0.1, 0.15) is 0 Å². The van der Waals surface area contributed by atoms with Crippen molar-refractivity contribution >= 4 is 0 Å². The van der Waals surface area contributed by atoms with Gasteiger partial charge < -0.3 is 10.1 Å². The number of hydrogen-bond acceptors (Lipinski definition) is 2. The van der Waals surface area contributed by atoms with Crippen molar-refractivity contribution < 1.29 is 4.74 Å². The first-order valence-electron chi connectivity index (χ1n) is 7.15. The van der Waals surface area contributed by atoms with Gasteiger partial charge in [0.05, 0.1) is 13.2 Å². The molecule has 0 spiro atoms. The van der Waals surface area contributed by atoms with Crippen molar-refractivity contribution in [2.75, 3.05) is 13.1 Å². The minimum atomic E-state index is 0.752. The number of nitrogens with one attached hydrogen (secondary N) is 1. The minimum Gasteiger partial charge on any atom is -0.372 e. The smallest absolute Gasteiger partial charge is 0.0725 e. The predicted molar refractivity (Wildman–Crippen MR) is 75.6 cm³/mol. The molecule has 0 atom stereocenters. The molecule has 1 N–H and O–H groups in total. The van der Waals surface area contributed by atoms with E-state index in [4.69, 9.17) is 4.74 Å². The molecule has 2 rings (SSSR count). The lowest BCUT2D eigenvalue weighted by Gasteiger charge is -2.07. The van der Waals surface area contributed by atoms with E-state index in [1.165, 1.54) is 36.0 Å². The zero-order valence-corrected chi connectivity index (χ0v) is 11.7. The van der Waals surface area contributed by atoms with Crippen molar-refractivity contribution in [1.82, 2.24) is 5.32 Å². The van der Waals surface area contributed by atoms with Crippen molar-refractivity contribution in [1.29, 1.82) is 0 Å². The molecule has 0 saturated heterocycles. The summed E-state index contributed by atoms with van der Waals surface area (Å²) in [6.07, 6.45) is 3.72. The Morgan fingerprint density at radius 2 is 2.00 bits per heavy atom. The maximum atomic E-state index is 5.44. The Bertz CT molecular complexity index is 373. The lowest BCUT2D eigenvalue weighted by Crippen LogP contribution is -2.20. The van der Waals surface area contributed by atoms with Crippen molar-refractivity contribution in [3.05, 3.63) is 34.9 Å². The lowest BCUT2D eigenvalue weighted by molar-refractivity contribution is 0.134. The van der Waals surface area contributed by atoms with E-state index in [9.17, 15) is 0 Å². The van der Waals surface area contributed by atoms with E-state index in [1.54, 1.807) is 0 Å². The van der Waals surface area contributed by atoms with E-state index >= 15 is 0 Å². The number of aryl methyl sites for hydroxylation is 1. The molecule has 0 fully saturated rings. The van der Waals surface area contributed by atoms with Crippen molar-refractivity contribution in [3.63, 3.8) is 0 Å². The summed E-state index contributed by atoms with van der Waals surface area (Å²) in [5.74, 6) is 0.752. The molecule has 0 aromatic heterocycles. The van der Waals surface area contributed by atoms with E-state index in [1.807, 2.05) is 0 Å². The molecule has 0 unspecified atom stereocenters. The molecule has 0 aliphatic carbocycles. The van der Waals surface area contributed by atoms with E-state index in [0.717, 1.165) is 32.2 Å². The van der Waals surface area contributed by atoms with Gasteiger partial charge in [-0.2, -0.15) is 0 Å². The maximum Gasteiger partial charge on any atom is 0.0725 e. The third-order valence-corrected chi connectivity index (χ3v) is 3.41. The summed E-state index contributed by atoms with van der Waals surface area (Å²) in [4.78, 5) is 0. The Morgan fingerprint density at radius 3 is 2.83 bits per heavy atom. The second-order valence-corrected chi connectivity index (χ2v) is 5.65. The van der Waals surface area contributed by atoms with Gasteiger partial charge in [-0.3, -0.25) is 0 Å². The highest BCUT2D eigenvalue weighted by Gasteiger charge is 2.10. The number of benzene rings is 1. The average molecular weight is 247 g/mol. The quantitative estimate of drug-likeness (QED) is 0.747. The average Bonchev–Trinajstić information content (AvgIpc) is 2.80. The van der Waals surface area contributed by atoms with Gasteiger partial charge in [-0.05, 0) is 55.0 Å². The maximum absolute atomic E-state index is 5.44. The summed E-state index contributed by atoms with van der Waals surface area (Å²) in [5, 5.41) is 3.49. The van der Waals surface area contributed by atoms with Crippen LogP contribution in [0.4, 0.5) is 0 Å². The molecule has 1 aromatic rings. The molecule has 2 heteroatoms. The fraction of sp³-hybridized carbons (Fsp3) is 0.625. The molecule has 2 nitrogen and oxygen atoms in total. The third kappa shape index (κ3) is 4.11. The summed E-state index contributed by atoms with van der Waals surface area (Å²) in [7, 11) is 0. The predicted octanol–water partition coefficient (Wildman–Crippen LogP) is 3.29. The molecule has 18 heavy (non-hydrogen) atoms. The number of fused-ring (bicyclic) bond motifs is 1. The second-order valence-electron chi connectivity index (χ2n) is 5.65. The number of rotatable bonds is 7. The Kier molecular flexibility index (Phi) is 5.21. The molecular formula is C16H25NO. The number of hydrogen-bond donors (Lipinski definition) is 1. The van der Waals surface area contributed by atoms with Gasteiger partial charge in [-0.1, -0.05) is 32.0 Å². The van der Waals surface area contributed by atoms with Gasteiger partial charge in [-0.25, -0.2) is 0 Å². The van der Waals surface area contributed by atoms with Gasteiger partial charge in [0.25, 0.3) is 0 Å². The van der Waals surface area contributed by atoms with Crippen molar-refractivity contribution in [2.24, 2.45) is 5.92 Å². The Hall–Kier alpha value is -0.860. The van der Waals surface area contributed by atoms with Crippen LogP contribution in [0, 0.1) is 5.92 Å². The standard InChI is InChI=1S/C16H25NO/c1-13(2)10-17-8-4-3-5-14-6-7-15-11-18-12-16(15)9-14/h6-7,9,13,17H,3-5,8,10-12H2,1-2H3. The number of unbranched alkanes of at least 4 members (excludes halogenated alkanes) is 1. The first-order valence-corrected chi connectivity index (χ1v) is 7.15. The zero-order valence-electron chi connectivity index (χ0n) is 11.7. The van der Waals surface area contributed by atoms with Gasteiger partial charge in [0, 0.05) is 0 Å². The van der Waals surface area contributed by atoms with E-state index in [-0.39, 0.29) is 0 Å². The van der Waals surface area contributed by atoms with E-state index in [2.05, 4.69) is 37.4 Å². The molecule has 0 saturated carbocycles. The number of ether oxygens (including phenoxy) is 1. The minimum absolute atomic E-state index is 0.752. The third-order valence-electron chi connectivity index (χ3n) is 3.41. The van der Waals surface area contributed by atoms with Crippen LogP contribution < -0.4 is 5.32 Å². The lowest BCUT2D eigenvalue weighted by atomic mass is 10.0. The van der Waals surface area contributed by atoms with Crippen LogP contribution in [0.25, 0.3) is 0 Å². The monoisotopic (exact) mass is 247 g/mol. The van der Waals surface area contributed by atoms with Gasteiger partial charge in [0.15, 0.2) is 0 Å². The molecule has 0 radical (unpaired) electrons. The van der Waals surface area contributed by atoms with Crippen LogP contribution in [0.5, 0.6) is 0 Å². The van der Waals surface area contributed by atoms with Crippen LogP contribution >= 0.6 is 0 Å². The van der Waals surface area contributed by atoms with Gasteiger partial charge in [0.2, 0.25) is 0 Å². The summed E-state index contributed by atoms with van der Waals surface area (Å²) < 4.78 is 5.44. The second kappa shape index (κ2) is 6.91. The molecule has 0 amide bonds. The van der Waals surface area contributed by atoms with E-state index < -0.39 is 0 Å². The highest BCUT2D eigenvalue weighted by Crippen LogP contribution is 2.21. The van der Waals surface area contributed by atoms with Crippen LogP contribution in [0.2, 0.25) is 0 Å². The van der Waals surface area contributed by atoms with Crippen LogP contribution in [-0.4, -0.2) is 13.1 Å². The van der Waals surface area contributed by atoms with Crippen molar-refractivity contribution in [2.45, 2.75) is 46.3 Å². The molecule has 0 bridgehead atoms. The summed E-state index contributed by atoms with van der Waals surface area (Å²) in [5.41, 5.74) is 4.23. The van der Waals surface area contributed by atoms with Crippen LogP contribution in [0.1, 0.15) is 43.4 Å². The molecule has 100 valence electrons. The summed E-state index contributed by atoms with van der Waals surface area (Å²) in [6, 6.07) is 6.81. The molecule has 1 aromatic carbocycles. The van der Waals surface area contributed by atoms with Gasteiger partial charge >= 0.3 is 0 Å². The normalized spacial score (nSPS) is 14.2. The highest BCUT2D eigenvalue weighted by atomic mass is 16.5. The Labute approximate surface area is 111 Å². The largest absolute Gasteiger partial charge is 0.372 e. The van der Waals surface area contributed by atoms with Crippen LogP contribution in [0.15, 0.2) is 18.2 Å². The topological polar surface area (TPSA) is 21.3 Å². The fourth-order valence-corrected chi connectivity index (χ4v) is 2.35. The fourth-order valence-electron chi connectivity index (χ4n) is 2.35. The Balaban J connectivity index is 1.65. The SMILES string of the molecule is CC(C)CNCCCCc1ccc2c(c1)COC2. The molecule has 1 aliphatic rings. The highest BCUT2D eigenvalue weighted by molar-refractivity contribution is 5.33. The van der Waals surface area contributed by atoms with E-state index in [0.29, 0.717) is 0 Å². The van der Waals surface area contributed by atoms with Crippen LogP contribution in [-0.2, 0) is 24.4 Å². The van der Waals surface area contributed by atoms with Gasteiger partial charge in [-0.15, -0.1) is 0 Å². The summed E-state index contributed by atoms with van der Waals surface area (Å²) in [6.45, 7) is 8.38. The first-order chi connectivity index (χ1) is 8.75. The summed E-state index contributed by atoms with van der Waals surface area (Å²) >= 11 is 0. The van der Waals surface area contributed by atoms with Crippen LogP contribution in [0.3, 0.4) is 0 Å². The Morgan fingerprint density at radius 1 is 1.17 bits per heavy atom. The van der Waals surface area contributed by atoms with Crippen molar-refractivity contribution in [3.8, 4) is 0 Å². The molecule has 1 aliphatic heterocycles. The zero-order chi connectivity index (χ0) is 12.8. The molecular weight excluding hydrogens is 222 g/mol. The first kappa shape index (κ1) is 13.6. The molecule has 1 heterocycles.